The van der Waals surface area contributed by atoms with Crippen LogP contribution in [0, 0.1) is 5.92 Å². The second-order valence-electron chi connectivity index (χ2n) is 6.60. The predicted octanol–water partition coefficient (Wildman–Crippen LogP) is 2.30. The van der Waals surface area contributed by atoms with Crippen molar-refractivity contribution in [2.24, 2.45) is 10.9 Å². The number of rotatable bonds is 6. The van der Waals surface area contributed by atoms with Gasteiger partial charge in [0.05, 0.1) is 11.5 Å². The highest BCUT2D eigenvalue weighted by Gasteiger charge is 2.19. The molecule has 134 valence electrons. The third-order valence-corrected chi connectivity index (χ3v) is 6.00. The largest absolute Gasteiger partial charge is 0.356 e. The van der Waals surface area contributed by atoms with Gasteiger partial charge in [-0.1, -0.05) is 37.3 Å². The SMILES string of the molecule is CN=C(NCCCS(=O)(=O)Cc1ccccc1)N1CCCC(C)C1. The van der Waals surface area contributed by atoms with Gasteiger partial charge in [-0.2, -0.15) is 0 Å². The van der Waals surface area contributed by atoms with Crippen LogP contribution < -0.4 is 5.32 Å². The Hall–Kier alpha value is -1.56. The summed E-state index contributed by atoms with van der Waals surface area (Å²) in [5.74, 6) is 1.89. The van der Waals surface area contributed by atoms with Gasteiger partial charge in [0.1, 0.15) is 0 Å². The Balaban J connectivity index is 1.75. The number of piperidine rings is 1. The molecule has 1 aliphatic heterocycles. The number of nitrogens with one attached hydrogen (secondary N) is 1. The van der Waals surface area contributed by atoms with E-state index in [-0.39, 0.29) is 11.5 Å². The lowest BCUT2D eigenvalue weighted by Gasteiger charge is -2.33. The number of likely N-dealkylation sites (tertiary alicyclic amines) is 1. The van der Waals surface area contributed by atoms with Crippen LogP contribution in [0.1, 0.15) is 31.7 Å². The predicted molar refractivity (Wildman–Crippen MR) is 99.9 cm³/mol. The van der Waals surface area contributed by atoms with E-state index in [2.05, 4.69) is 22.1 Å². The number of benzene rings is 1. The summed E-state index contributed by atoms with van der Waals surface area (Å²) in [6.07, 6.45) is 3.05. The molecule has 2 rings (SSSR count). The van der Waals surface area contributed by atoms with Crippen LogP contribution in [0.5, 0.6) is 0 Å². The molecule has 0 aromatic heterocycles. The molecule has 0 bridgehead atoms. The fraction of sp³-hybridized carbons (Fsp3) is 0.611. The quantitative estimate of drug-likeness (QED) is 0.485. The van der Waals surface area contributed by atoms with Gasteiger partial charge in [0, 0.05) is 26.7 Å². The minimum absolute atomic E-state index is 0.117. The lowest BCUT2D eigenvalue weighted by Crippen LogP contribution is -2.46. The van der Waals surface area contributed by atoms with Gasteiger partial charge in [-0.25, -0.2) is 8.42 Å². The summed E-state index contributed by atoms with van der Waals surface area (Å²) in [6, 6.07) is 9.35. The molecule has 1 N–H and O–H groups in total. The highest BCUT2D eigenvalue weighted by Crippen LogP contribution is 2.15. The molecule has 1 aliphatic rings. The molecule has 1 aromatic rings. The van der Waals surface area contributed by atoms with E-state index in [1.165, 1.54) is 12.8 Å². The normalized spacial score (nSPS) is 19.3. The zero-order valence-corrected chi connectivity index (χ0v) is 15.6. The standard InChI is InChI=1S/C18H29N3O2S/c1-16-8-6-12-21(14-16)18(19-2)20-11-7-13-24(22,23)15-17-9-4-3-5-10-17/h3-5,9-10,16H,6-8,11-15H2,1-2H3,(H,19,20). The Morgan fingerprint density at radius 2 is 2.08 bits per heavy atom. The fourth-order valence-corrected chi connectivity index (χ4v) is 4.54. The van der Waals surface area contributed by atoms with Gasteiger partial charge in [-0.15, -0.1) is 0 Å². The number of hydrogen-bond acceptors (Lipinski definition) is 3. The molecule has 1 aromatic carbocycles. The second kappa shape index (κ2) is 9.06. The lowest BCUT2D eigenvalue weighted by atomic mass is 10.0. The van der Waals surface area contributed by atoms with Crippen molar-refractivity contribution in [2.45, 2.75) is 31.9 Å². The highest BCUT2D eigenvalue weighted by atomic mass is 32.2. The first-order chi connectivity index (χ1) is 11.5. The van der Waals surface area contributed by atoms with Crippen molar-refractivity contribution < 1.29 is 8.42 Å². The average Bonchev–Trinajstić information content (AvgIpc) is 2.55. The van der Waals surface area contributed by atoms with Crippen molar-refractivity contribution in [3.63, 3.8) is 0 Å². The summed E-state index contributed by atoms with van der Waals surface area (Å²) in [7, 11) is -1.28. The molecule has 0 amide bonds. The number of aliphatic imine (C=N–C) groups is 1. The average molecular weight is 352 g/mol. The van der Waals surface area contributed by atoms with E-state index in [4.69, 9.17) is 0 Å². The zero-order chi connectivity index (χ0) is 17.4. The van der Waals surface area contributed by atoms with Crippen LogP contribution in [-0.4, -0.2) is 51.7 Å². The van der Waals surface area contributed by atoms with Crippen molar-refractivity contribution in [3.05, 3.63) is 35.9 Å². The molecule has 1 atom stereocenters. The zero-order valence-electron chi connectivity index (χ0n) is 14.7. The summed E-state index contributed by atoms with van der Waals surface area (Å²) < 4.78 is 24.4. The summed E-state index contributed by atoms with van der Waals surface area (Å²) >= 11 is 0. The number of hydrogen-bond donors (Lipinski definition) is 1. The van der Waals surface area contributed by atoms with E-state index in [1.807, 2.05) is 30.3 Å². The van der Waals surface area contributed by atoms with Crippen molar-refractivity contribution in [2.75, 3.05) is 32.4 Å². The Kier molecular flexibility index (Phi) is 7.09. The molecule has 0 saturated carbocycles. The maximum Gasteiger partial charge on any atom is 0.193 e. The van der Waals surface area contributed by atoms with Crippen LogP contribution in [-0.2, 0) is 15.6 Å². The third-order valence-electron chi connectivity index (χ3n) is 4.31. The second-order valence-corrected chi connectivity index (χ2v) is 8.78. The first-order valence-corrected chi connectivity index (χ1v) is 10.5. The topological polar surface area (TPSA) is 61.8 Å². The molecule has 6 heteroatoms. The van der Waals surface area contributed by atoms with Gasteiger partial charge in [-0.05, 0) is 30.7 Å². The van der Waals surface area contributed by atoms with Crippen molar-refractivity contribution in [1.29, 1.82) is 0 Å². The lowest BCUT2D eigenvalue weighted by molar-refractivity contribution is 0.266. The molecule has 1 unspecified atom stereocenters. The van der Waals surface area contributed by atoms with Crippen LogP contribution in [0.3, 0.4) is 0 Å². The molecule has 0 aliphatic carbocycles. The first-order valence-electron chi connectivity index (χ1n) is 8.70. The van der Waals surface area contributed by atoms with Crippen LogP contribution >= 0.6 is 0 Å². The van der Waals surface area contributed by atoms with Gasteiger partial charge >= 0.3 is 0 Å². The Labute approximate surface area is 146 Å². The van der Waals surface area contributed by atoms with E-state index in [0.29, 0.717) is 18.9 Å². The van der Waals surface area contributed by atoms with Gasteiger partial charge in [0.25, 0.3) is 0 Å². The van der Waals surface area contributed by atoms with E-state index >= 15 is 0 Å². The molecule has 0 radical (unpaired) electrons. The van der Waals surface area contributed by atoms with E-state index in [1.54, 1.807) is 7.05 Å². The van der Waals surface area contributed by atoms with E-state index in [0.717, 1.165) is 24.6 Å². The monoisotopic (exact) mass is 351 g/mol. The highest BCUT2D eigenvalue weighted by molar-refractivity contribution is 7.90. The minimum atomic E-state index is -3.07. The van der Waals surface area contributed by atoms with Crippen LogP contribution in [0.2, 0.25) is 0 Å². The van der Waals surface area contributed by atoms with Crippen molar-refractivity contribution >= 4 is 15.8 Å². The summed E-state index contributed by atoms with van der Waals surface area (Å²) in [6.45, 7) is 4.93. The maximum atomic E-state index is 12.2. The molecule has 1 saturated heterocycles. The van der Waals surface area contributed by atoms with E-state index in [9.17, 15) is 8.42 Å². The maximum absolute atomic E-state index is 12.2. The van der Waals surface area contributed by atoms with Gasteiger partial charge in [0.15, 0.2) is 15.8 Å². The molecule has 5 nitrogen and oxygen atoms in total. The molecule has 24 heavy (non-hydrogen) atoms. The van der Waals surface area contributed by atoms with Gasteiger partial charge in [0.2, 0.25) is 0 Å². The number of nitrogens with zero attached hydrogens (tertiary/aromatic N) is 2. The third kappa shape index (κ3) is 6.15. The molecular formula is C18H29N3O2S. The molecule has 1 fully saturated rings. The van der Waals surface area contributed by atoms with Gasteiger partial charge < -0.3 is 10.2 Å². The van der Waals surface area contributed by atoms with Crippen LogP contribution in [0.25, 0.3) is 0 Å². The summed E-state index contributed by atoms with van der Waals surface area (Å²) in [5.41, 5.74) is 0.851. The van der Waals surface area contributed by atoms with Crippen LogP contribution in [0.15, 0.2) is 35.3 Å². The first kappa shape index (κ1) is 18.8. The fourth-order valence-electron chi connectivity index (χ4n) is 3.11. The van der Waals surface area contributed by atoms with E-state index < -0.39 is 9.84 Å². The summed E-state index contributed by atoms with van der Waals surface area (Å²) in [5, 5.41) is 3.31. The van der Waals surface area contributed by atoms with Crippen molar-refractivity contribution in [1.82, 2.24) is 10.2 Å². The smallest absolute Gasteiger partial charge is 0.193 e. The Morgan fingerprint density at radius 3 is 2.75 bits per heavy atom. The number of guanidine groups is 1. The minimum Gasteiger partial charge on any atom is -0.356 e. The van der Waals surface area contributed by atoms with Gasteiger partial charge in [-0.3, -0.25) is 4.99 Å². The Bertz CT molecular complexity index is 629. The number of sulfone groups is 1. The van der Waals surface area contributed by atoms with Crippen molar-refractivity contribution in [3.8, 4) is 0 Å². The Morgan fingerprint density at radius 1 is 1.33 bits per heavy atom. The molecular weight excluding hydrogens is 322 g/mol. The molecule has 1 heterocycles. The molecule has 0 spiro atoms. The summed E-state index contributed by atoms with van der Waals surface area (Å²) in [4.78, 5) is 6.60. The van der Waals surface area contributed by atoms with Crippen LogP contribution in [0.4, 0.5) is 0 Å².